The van der Waals surface area contributed by atoms with Crippen molar-refractivity contribution < 1.29 is 14.6 Å². The van der Waals surface area contributed by atoms with Crippen molar-refractivity contribution in [1.82, 2.24) is 0 Å². The predicted molar refractivity (Wildman–Crippen MR) is 74.2 cm³/mol. The van der Waals surface area contributed by atoms with Crippen molar-refractivity contribution in [2.24, 2.45) is 0 Å². The lowest BCUT2D eigenvalue weighted by Gasteiger charge is -2.24. The standard InChI is InChI=1S/C15H19NO3/c1-10(2)8-11-4-5-12(19-3)9-13(11)16-14(17)6-7-15(16)18/h4-5,9,14,17H,1,6-8H2,2-3H3. The molecule has 102 valence electrons. The lowest BCUT2D eigenvalue weighted by molar-refractivity contribution is -0.117. The number of aliphatic hydroxyl groups is 1. The van der Waals surface area contributed by atoms with E-state index in [4.69, 9.17) is 4.74 Å². The lowest BCUT2D eigenvalue weighted by Crippen LogP contribution is -2.33. The predicted octanol–water partition coefficient (Wildman–Crippen LogP) is 2.26. The fourth-order valence-electron chi connectivity index (χ4n) is 2.33. The van der Waals surface area contributed by atoms with Gasteiger partial charge in [-0.25, -0.2) is 0 Å². The van der Waals surface area contributed by atoms with E-state index in [1.165, 1.54) is 4.90 Å². The molecule has 4 nitrogen and oxygen atoms in total. The van der Waals surface area contributed by atoms with Crippen molar-refractivity contribution in [1.29, 1.82) is 0 Å². The van der Waals surface area contributed by atoms with Crippen LogP contribution >= 0.6 is 0 Å². The Morgan fingerprint density at radius 3 is 2.84 bits per heavy atom. The number of rotatable bonds is 4. The molecular weight excluding hydrogens is 242 g/mol. The molecule has 0 aromatic heterocycles. The number of carbonyl (C=O) groups is 1. The van der Waals surface area contributed by atoms with Crippen molar-refractivity contribution in [2.75, 3.05) is 12.0 Å². The summed E-state index contributed by atoms with van der Waals surface area (Å²) in [5, 5.41) is 9.98. The highest BCUT2D eigenvalue weighted by atomic mass is 16.5. The van der Waals surface area contributed by atoms with Gasteiger partial charge in [0.25, 0.3) is 0 Å². The normalized spacial score (nSPS) is 18.8. The number of benzene rings is 1. The first-order valence-corrected chi connectivity index (χ1v) is 6.34. The van der Waals surface area contributed by atoms with Crippen LogP contribution in [0.5, 0.6) is 5.75 Å². The molecular formula is C15H19NO3. The van der Waals surface area contributed by atoms with Crippen LogP contribution in [0.25, 0.3) is 0 Å². The largest absolute Gasteiger partial charge is 0.497 e. The number of anilines is 1. The smallest absolute Gasteiger partial charge is 0.229 e. The fourth-order valence-corrected chi connectivity index (χ4v) is 2.33. The monoisotopic (exact) mass is 261 g/mol. The first kappa shape index (κ1) is 13.6. The third kappa shape index (κ3) is 2.79. The van der Waals surface area contributed by atoms with E-state index in [0.29, 0.717) is 25.0 Å². The van der Waals surface area contributed by atoms with E-state index >= 15 is 0 Å². The van der Waals surface area contributed by atoms with E-state index in [9.17, 15) is 9.90 Å². The molecule has 0 aliphatic carbocycles. The molecule has 1 unspecified atom stereocenters. The summed E-state index contributed by atoms with van der Waals surface area (Å²) in [7, 11) is 1.58. The Morgan fingerprint density at radius 1 is 1.58 bits per heavy atom. The van der Waals surface area contributed by atoms with Crippen molar-refractivity contribution >= 4 is 11.6 Å². The molecule has 1 amide bonds. The summed E-state index contributed by atoms with van der Waals surface area (Å²) in [4.78, 5) is 13.4. The summed E-state index contributed by atoms with van der Waals surface area (Å²) in [5.74, 6) is 0.621. The van der Waals surface area contributed by atoms with Crippen LogP contribution in [0, 0.1) is 0 Å². The minimum absolute atomic E-state index is 0.0521. The van der Waals surface area contributed by atoms with E-state index < -0.39 is 6.23 Å². The zero-order valence-electron chi connectivity index (χ0n) is 11.3. The van der Waals surface area contributed by atoms with Crippen LogP contribution in [0.15, 0.2) is 30.4 Å². The molecule has 1 atom stereocenters. The van der Waals surface area contributed by atoms with Gasteiger partial charge in [-0.1, -0.05) is 18.2 Å². The number of aliphatic hydroxyl groups excluding tert-OH is 1. The van der Waals surface area contributed by atoms with Gasteiger partial charge in [-0.15, -0.1) is 0 Å². The summed E-state index contributed by atoms with van der Waals surface area (Å²) in [6.07, 6.45) is 0.784. The average Bonchev–Trinajstić information content (AvgIpc) is 2.69. The number of hydrogen-bond donors (Lipinski definition) is 1. The van der Waals surface area contributed by atoms with Crippen molar-refractivity contribution in [3.8, 4) is 5.75 Å². The number of methoxy groups -OCH3 is 1. The van der Waals surface area contributed by atoms with Gasteiger partial charge in [0, 0.05) is 18.9 Å². The molecule has 1 aromatic carbocycles. The van der Waals surface area contributed by atoms with E-state index in [1.54, 1.807) is 13.2 Å². The highest BCUT2D eigenvalue weighted by Gasteiger charge is 2.32. The molecule has 4 heteroatoms. The molecule has 1 aliphatic rings. The average molecular weight is 261 g/mol. The highest BCUT2D eigenvalue weighted by molar-refractivity contribution is 5.96. The second-order valence-electron chi connectivity index (χ2n) is 4.91. The topological polar surface area (TPSA) is 49.8 Å². The van der Waals surface area contributed by atoms with Crippen LogP contribution < -0.4 is 9.64 Å². The number of allylic oxidation sites excluding steroid dienone is 1. The van der Waals surface area contributed by atoms with Gasteiger partial charge < -0.3 is 9.84 Å². The quantitative estimate of drug-likeness (QED) is 0.846. The summed E-state index contributed by atoms with van der Waals surface area (Å²) in [6.45, 7) is 5.84. The Morgan fingerprint density at radius 2 is 2.32 bits per heavy atom. The third-order valence-corrected chi connectivity index (χ3v) is 3.23. The number of nitrogens with zero attached hydrogens (tertiary/aromatic N) is 1. The molecule has 1 fully saturated rings. The second-order valence-corrected chi connectivity index (χ2v) is 4.91. The van der Waals surface area contributed by atoms with Crippen LogP contribution in [-0.2, 0) is 11.2 Å². The lowest BCUT2D eigenvalue weighted by atomic mass is 10.0. The number of amides is 1. The Labute approximate surface area is 113 Å². The number of carbonyl (C=O) groups excluding carboxylic acids is 1. The summed E-state index contributed by atoms with van der Waals surface area (Å²) >= 11 is 0. The van der Waals surface area contributed by atoms with Gasteiger partial charge in [-0.2, -0.15) is 0 Å². The van der Waals surface area contributed by atoms with Gasteiger partial charge in [0.15, 0.2) is 0 Å². The van der Waals surface area contributed by atoms with E-state index in [0.717, 1.165) is 16.8 Å². The summed E-state index contributed by atoms with van der Waals surface area (Å²) < 4.78 is 5.20. The minimum Gasteiger partial charge on any atom is -0.497 e. The van der Waals surface area contributed by atoms with Gasteiger partial charge in [-0.05, 0) is 25.0 Å². The molecule has 1 N–H and O–H groups in total. The Hall–Kier alpha value is -1.81. The molecule has 1 aliphatic heterocycles. The molecule has 0 saturated carbocycles. The molecule has 0 bridgehead atoms. The second kappa shape index (κ2) is 5.45. The highest BCUT2D eigenvalue weighted by Crippen LogP contribution is 2.32. The molecule has 0 spiro atoms. The van der Waals surface area contributed by atoms with Crippen molar-refractivity contribution in [3.05, 3.63) is 35.9 Å². The first-order valence-electron chi connectivity index (χ1n) is 6.34. The molecule has 1 heterocycles. The van der Waals surface area contributed by atoms with Crippen LogP contribution in [0.1, 0.15) is 25.3 Å². The van der Waals surface area contributed by atoms with E-state index in [1.807, 2.05) is 19.1 Å². The zero-order chi connectivity index (χ0) is 14.0. The van der Waals surface area contributed by atoms with E-state index in [-0.39, 0.29) is 5.91 Å². The number of ether oxygens (including phenoxy) is 1. The maximum atomic E-state index is 11.9. The van der Waals surface area contributed by atoms with E-state index in [2.05, 4.69) is 6.58 Å². The van der Waals surface area contributed by atoms with Gasteiger partial charge >= 0.3 is 0 Å². The third-order valence-electron chi connectivity index (χ3n) is 3.23. The first-order chi connectivity index (χ1) is 9.02. The van der Waals surface area contributed by atoms with Crippen molar-refractivity contribution in [2.45, 2.75) is 32.4 Å². The Balaban J connectivity index is 2.45. The van der Waals surface area contributed by atoms with Crippen LogP contribution in [0.3, 0.4) is 0 Å². The van der Waals surface area contributed by atoms with Crippen LogP contribution in [0.4, 0.5) is 5.69 Å². The van der Waals surface area contributed by atoms with Gasteiger partial charge in [0.1, 0.15) is 12.0 Å². The van der Waals surface area contributed by atoms with Gasteiger partial charge in [0.2, 0.25) is 5.91 Å². The maximum Gasteiger partial charge on any atom is 0.229 e. The minimum atomic E-state index is -0.747. The molecule has 1 saturated heterocycles. The zero-order valence-corrected chi connectivity index (χ0v) is 11.3. The SMILES string of the molecule is C=C(C)Cc1ccc(OC)cc1N1C(=O)CCC1O. The molecule has 0 radical (unpaired) electrons. The number of hydrogen-bond acceptors (Lipinski definition) is 3. The summed E-state index contributed by atoms with van der Waals surface area (Å²) in [5.41, 5.74) is 2.70. The summed E-state index contributed by atoms with van der Waals surface area (Å²) in [6, 6.07) is 5.57. The molecule has 1 aromatic rings. The Bertz CT molecular complexity index is 510. The maximum absolute atomic E-state index is 11.9. The van der Waals surface area contributed by atoms with Gasteiger partial charge in [-0.3, -0.25) is 9.69 Å². The van der Waals surface area contributed by atoms with Crippen LogP contribution in [-0.4, -0.2) is 24.4 Å². The van der Waals surface area contributed by atoms with Gasteiger partial charge in [0.05, 0.1) is 12.8 Å². The Kier molecular flexibility index (Phi) is 3.90. The fraction of sp³-hybridized carbons (Fsp3) is 0.400. The molecule has 19 heavy (non-hydrogen) atoms. The van der Waals surface area contributed by atoms with Crippen molar-refractivity contribution in [3.63, 3.8) is 0 Å². The van der Waals surface area contributed by atoms with Crippen LogP contribution in [0.2, 0.25) is 0 Å². The molecule has 2 rings (SSSR count).